The minimum atomic E-state index is 0.699. The lowest BCUT2D eigenvalue weighted by Crippen LogP contribution is -1.85. The molecule has 0 atom stereocenters. The summed E-state index contributed by atoms with van der Waals surface area (Å²) in [5.41, 5.74) is 3.87. The van der Waals surface area contributed by atoms with Crippen molar-refractivity contribution in [2.75, 3.05) is 0 Å². The van der Waals surface area contributed by atoms with Crippen LogP contribution in [0.5, 0.6) is 0 Å². The molecule has 0 saturated heterocycles. The number of hydrogen-bond donors (Lipinski definition) is 0. The van der Waals surface area contributed by atoms with Crippen LogP contribution >= 0.6 is 15.9 Å². The van der Waals surface area contributed by atoms with Crippen molar-refractivity contribution in [3.8, 4) is 0 Å². The van der Waals surface area contributed by atoms with E-state index in [0.717, 1.165) is 22.3 Å². The van der Waals surface area contributed by atoms with Gasteiger partial charge in [0.25, 0.3) is 0 Å². The number of nitrogens with zero attached hydrogens (tertiary/aromatic N) is 2. The van der Waals surface area contributed by atoms with E-state index in [2.05, 4.69) is 25.8 Å². The molecule has 0 saturated carbocycles. The Bertz CT molecular complexity index is 441. The van der Waals surface area contributed by atoms with Crippen LogP contribution < -0.4 is 0 Å². The lowest BCUT2D eigenvalue weighted by Gasteiger charge is -2.00. The molecule has 1 aromatic carbocycles. The Kier molecular flexibility index (Phi) is 1.93. The average Bonchev–Trinajstić information content (AvgIpc) is 2.42. The third-order valence-electron chi connectivity index (χ3n) is 2.10. The Morgan fingerprint density at radius 1 is 1.54 bits per heavy atom. The summed E-state index contributed by atoms with van der Waals surface area (Å²) in [7, 11) is 0. The van der Waals surface area contributed by atoms with Crippen molar-refractivity contribution in [2.45, 2.75) is 13.3 Å². The third-order valence-corrected chi connectivity index (χ3v) is 2.55. The molecule has 64 valence electrons. The van der Waals surface area contributed by atoms with Crippen molar-refractivity contribution in [3.05, 3.63) is 34.7 Å². The van der Waals surface area contributed by atoms with E-state index in [1.54, 1.807) is 0 Å². The summed E-state index contributed by atoms with van der Waals surface area (Å²) in [6, 6.07) is 3.90. The second-order valence-corrected chi connectivity index (χ2v) is 3.96. The maximum absolute atomic E-state index is 6.96. The first kappa shape index (κ1) is 8.46. The fourth-order valence-electron chi connectivity index (χ4n) is 1.44. The minimum absolute atomic E-state index is 0.699. The predicted octanol–water partition coefficient (Wildman–Crippen LogP) is 3.53. The Hall–Kier alpha value is -1.14. The monoisotopic (exact) mass is 234 g/mol. The molecule has 1 aromatic rings. The Morgan fingerprint density at radius 2 is 2.31 bits per heavy atom. The molecule has 0 fully saturated rings. The van der Waals surface area contributed by atoms with E-state index in [9.17, 15) is 0 Å². The van der Waals surface area contributed by atoms with E-state index in [-0.39, 0.29) is 0 Å². The molecule has 1 aliphatic heterocycles. The number of fused-ring (bicyclic) bond motifs is 1. The van der Waals surface area contributed by atoms with Gasteiger partial charge in [0, 0.05) is 6.42 Å². The Labute approximate surface area is 85.3 Å². The van der Waals surface area contributed by atoms with E-state index in [1.165, 1.54) is 5.56 Å². The first-order valence-corrected chi connectivity index (χ1v) is 4.74. The number of halogens is 1. The van der Waals surface area contributed by atoms with Crippen LogP contribution in [0.1, 0.15) is 11.1 Å². The van der Waals surface area contributed by atoms with E-state index in [4.69, 9.17) is 6.57 Å². The van der Waals surface area contributed by atoms with Gasteiger partial charge < -0.3 is 0 Å². The third kappa shape index (κ3) is 1.38. The first-order valence-electron chi connectivity index (χ1n) is 3.95. The molecule has 0 N–H and O–H groups in total. The molecule has 0 radical (unpaired) electrons. The highest BCUT2D eigenvalue weighted by molar-refractivity contribution is 9.18. The van der Waals surface area contributed by atoms with Crippen molar-refractivity contribution in [3.63, 3.8) is 0 Å². The molecule has 2 nitrogen and oxygen atoms in total. The normalized spacial score (nSPS) is 13.5. The second-order valence-electron chi connectivity index (χ2n) is 3.04. The molecule has 13 heavy (non-hydrogen) atoms. The van der Waals surface area contributed by atoms with Crippen molar-refractivity contribution in [2.24, 2.45) is 4.99 Å². The minimum Gasteiger partial charge on any atom is -0.247 e. The van der Waals surface area contributed by atoms with E-state index >= 15 is 0 Å². The molecule has 0 spiro atoms. The molecule has 1 aliphatic rings. The fraction of sp³-hybridized carbons (Fsp3) is 0.200. The van der Waals surface area contributed by atoms with Crippen LogP contribution in [0.15, 0.2) is 17.1 Å². The molecule has 0 bridgehead atoms. The predicted molar refractivity (Wildman–Crippen MR) is 57.2 cm³/mol. The number of rotatable bonds is 0. The molecular formula is C10H7BrN2. The molecule has 0 unspecified atom stereocenters. The van der Waals surface area contributed by atoms with Crippen LogP contribution in [0.25, 0.3) is 4.85 Å². The summed E-state index contributed by atoms with van der Waals surface area (Å²) in [5.74, 6) is 0. The number of aryl methyl sites for hydroxylation is 1. The van der Waals surface area contributed by atoms with Crippen LogP contribution in [-0.4, -0.2) is 4.62 Å². The van der Waals surface area contributed by atoms with Gasteiger partial charge >= 0.3 is 0 Å². The summed E-state index contributed by atoms with van der Waals surface area (Å²) in [4.78, 5) is 7.73. The summed E-state index contributed by atoms with van der Waals surface area (Å²) < 4.78 is 0.948. The van der Waals surface area contributed by atoms with Crippen molar-refractivity contribution in [1.82, 2.24) is 0 Å². The van der Waals surface area contributed by atoms with Gasteiger partial charge in [-0.2, -0.15) is 0 Å². The van der Waals surface area contributed by atoms with Crippen LogP contribution in [0, 0.1) is 13.5 Å². The molecule has 0 aliphatic carbocycles. The molecular weight excluding hydrogens is 228 g/mol. The quantitative estimate of drug-likeness (QED) is 0.612. The number of aliphatic imine (C=N–C) groups is 1. The van der Waals surface area contributed by atoms with E-state index in [0.29, 0.717) is 5.69 Å². The Morgan fingerprint density at radius 3 is 3.00 bits per heavy atom. The molecule has 0 aromatic heterocycles. The average molecular weight is 235 g/mol. The van der Waals surface area contributed by atoms with Gasteiger partial charge in [-0.1, -0.05) is 6.07 Å². The zero-order chi connectivity index (χ0) is 9.42. The molecule has 3 heteroatoms. The molecule has 0 amide bonds. The lowest BCUT2D eigenvalue weighted by atomic mass is 10.1. The highest BCUT2D eigenvalue weighted by atomic mass is 79.9. The molecule has 2 rings (SSSR count). The summed E-state index contributed by atoms with van der Waals surface area (Å²) >= 11 is 3.36. The van der Waals surface area contributed by atoms with Crippen LogP contribution in [0.3, 0.4) is 0 Å². The van der Waals surface area contributed by atoms with E-state index < -0.39 is 0 Å². The van der Waals surface area contributed by atoms with Gasteiger partial charge in [0.1, 0.15) is 0 Å². The SMILES string of the molecule is [C-]#[N+]c1cc2c(cc1C)CC(Br)=N2. The van der Waals surface area contributed by atoms with Crippen molar-refractivity contribution < 1.29 is 0 Å². The highest BCUT2D eigenvalue weighted by Gasteiger charge is 2.14. The maximum atomic E-state index is 6.96. The van der Waals surface area contributed by atoms with Crippen LogP contribution in [0.4, 0.5) is 11.4 Å². The summed E-state index contributed by atoms with van der Waals surface area (Å²) in [6.07, 6.45) is 0.856. The fourth-order valence-corrected chi connectivity index (χ4v) is 1.93. The zero-order valence-electron chi connectivity index (χ0n) is 7.13. The molecule has 1 heterocycles. The van der Waals surface area contributed by atoms with Crippen LogP contribution in [0.2, 0.25) is 0 Å². The summed E-state index contributed by atoms with van der Waals surface area (Å²) in [6.45, 7) is 8.92. The van der Waals surface area contributed by atoms with Gasteiger partial charge in [0.15, 0.2) is 5.69 Å². The smallest absolute Gasteiger partial charge is 0.192 e. The largest absolute Gasteiger partial charge is 0.247 e. The van der Waals surface area contributed by atoms with Gasteiger partial charge in [-0.15, -0.1) is 0 Å². The summed E-state index contributed by atoms with van der Waals surface area (Å²) in [5, 5.41) is 0. The standard InChI is InChI=1S/C10H7BrN2/c1-6-3-7-4-10(11)13-9(7)5-8(6)12-2/h3,5H,4H2,1H3. The van der Waals surface area contributed by atoms with Gasteiger partial charge in [0.2, 0.25) is 0 Å². The van der Waals surface area contributed by atoms with Gasteiger partial charge in [-0.3, -0.25) is 0 Å². The van der Waals surface area contributed by atoms with Gasteiger partial charge in [0.05, 0.1) is 16.9 Å². The van der Waals surface area contributed by atoms with Crippen molar-refractivity contribution >= 4 is 31.9 Å². The number of hydrogen-bond acceptors (Lipinski definition) is 1. The van der Waals surface area contributed by atoms with Gasteiger partial charge in [-0.25, -0.2) is 9.84 Å². The van der Waals surface area contributed by atoms with Crippen molar-refractivity contribution in [1.29, 1.82) is 0 Å². The first-order chi connectivity index (χ1) is 6.20. The topological polar surface area (TPSA) is 16.7 Å². The van der Waals surface area contributed by atoms with E-state index in [1.807, 2.05) is 19.1 Å². The lowest BCUT2D eigenvalue weighted by molar-refractivity contribution is 1.36. The second kappa shape index (κ2) is 2.97. The maximum Gasteiger partial charge on any atom is 0.192 e. The highest BCUT2D eigenvalue weighted by Crippen LogP contribution is 2.34. The van der Waals surface area contributed by atoms with Gasteiger partial charge in [-0.05, 0) is 40.0 Å². The Balaban J connectivity index is 2.60. The van der Waals surface area contributed by atoms with Crippen LogP contribution in [-0.2, 0) is 6.42 Å². The zero-order valence-corrected chi connectivity index (χ0v) is 8.72. The number of benzene rings is 1.